The second kappa shape index (κ2) is 13.4. The molecule has 2 atom stereocenters. The maximum atomic E-state index is 10.5. The fraction of sp³-hybridized carbons (Fsp3) is 0.727. The van der Waals surface area contributed by atoms with Crippen molar-refractivity contribution >= 4 is 17.8 Å². The summed E-state index contributed by atoms with van der Waals surface area (Å²) in [5.41, 5.74) is 5.12. The van der Waals surface area contributed by atoms with Gasteiger partial charge in [0.1, 0.15) is 12.1 Å². The number of rotatable bonds is 5. The summed E-state index contributed by atoms with van der Waals surface area (Å²) in [6, 6.07) is -2.57. The topological polar surface area (TPSA) is 130 Å². The van der Waals surface area contributed by atoms with Crippen LogP contribution in [0.4, 0.5) is 0 Å². The summed E-state index contributed by atoms with van der Waals surface area (Å²) in [6.45, 7) is 9.14. The third kappa shape index (κ3) is 12.4. The molecular weight excluding hydrogens is 240 g/mol. The van der Waals surface area contributed by atoms with Gasteiger partial charge in [-0.25, -0.2) is 4.79 Å². The Morgan fingerprint density at radius 2 is 1.44 bits per heavy atom. The zero-order chi connectivity index (χ0) is 15.3. The van der Waals surface area contributed by atoms with E-state index in [4.69, 9.17) is 15.9 Å². The van der Waals surface area contributed by atoms with Gasteiger partial charge in [0.25, 0.3) is 0 Å². The van der Waals surface area contributed by atoms with Crippen LogP contribution in [-0.4, -0.2) is 40.1 Å². The molecule has 0 saturated carbocycles. The van der Waals surface area contributed by atoms with Crippen molar-refractivity contribution in [2.45, 2.75) is 53.1 Å². The van der Waals surface area contributed by atoms with Gasteiger partial charge in [-0.2, -0.15) is 0 Å². The number of carboxylic acid groups (broad SMARTS) is 2. The number of nitrogens with one attached hydrogen (secondary N) is 1. The van der Waals surface area contributed by atoms with E-state index >= 15 is 0 Å². The van der Waals surface area contributed by atoms with Gasteiger partial charge in [-0.3, -0.25) is 9.59 Å². The van der Waals surface area contributed by atoms with Crippen LogP contribution in [0, 0.1) is 0 Å². The van der Waals surface area contributed by atoms with E-state index in [0.717, 1.165) is 6.92 Å². The highest BCUT2D eigenvalue weighted by Crippen LogP contribution is 1.97. The normalized spacial score (nSPS) is 11.7. The van der Waals surface area contributed by atoms with Crippen LogP contribution < -0.4 is 11.1 Å². The van der Waals surface area contributed by atoms with Gasteiger partial charge in [-0.1, -0.05) is 27.7 Å². The van der Waals surface area contributed by atoms with Crippen LogP contribution in [0.5, 0.6) is 0 Å². The molecule has 18 heavy (non-hydrogen) atoms. The molecule has 0 saturated heterocycles. The van der Waals surface area contributed by atoms with Gasteiger partial charge >= 0.3 is 11.9 Å². The maximum Gasteiger partial charge on any atom is 0.326 e. The van der Waals surface area contributed by atoms with E-state index in [-0.39, 0.29) is 6.42 Å². The quantitative estimate of drug-likeness (QED) is 0.569. The van der Waals surface area contributed by atoms with Gasteiger partial charge in [0.2, 0.25) is 5.91 Å². The molecule has 0 aromatic heterocycles. The Morgan fingerprint density at radius 3 is 1.67 bits per heavy atom. The minimum absolute atomic E-state index is 0.343. The summed E-state index contributed by atoms with van der Waals surface area (Å²) in [6.07, 6.45) is -0.343. The fourth-order valence-electron chi connectivity index (χ4n) is 0.822. The van der Waals surface area contributed by atoms with Crippen molar-refractivity contribution in [1.29, 1.82) is 0 Å². The minimum atomic E-state index is -1.31. The molecule has 0 aliphatic rings. The monoisotopic (exact) mass is 264 g/mol. The molecule has 0 radical (unpaired) electrons. The first kappa shape index (κ1) is 21.6. The third-order valence-corrected chi connectivity index (χ3v) is 1.48. The van der Waals surface area contributed by atoms with E-state index in [1.165, 1.54) is 0 Å². The highest BCUT2D eigenvalue weighted by atomic mass is 16.4. The molecule has 0 fully saturated rings. The summed E-state index contributed by atoms with van der Waals surface area (Å²) in [5, 5.41) is 19.1. The lowest BCUT2D eigenvalue weighted by Gasteiger charge is -2.15. The van der Waals surface area contributed by atoms with Gasteiger partial charge in [0.15, 0.2) is 0 Å². The molecule has 0 heterocycles. The molecule has 108 valence electrons. The molecular formula is C11H24N2O5. The van der Waals surface area contributed by atoms with Crippen molar-refractivity contribution in [3.63, 3.8) is 0 Å². The fourth-order valence-corrected chi connectivity index (χ4v) is 0.822. The molecule has 0 aliphatic carbocycles. The Hall–Kier alpha value is -1.63. The third-order valence-electron chi connectivity index (χ3n) is 1.48. The molecule has 0 spiro atoms. The highest BCUT2D eigenvalue weighted by molar-refractivity contribution is 5.83. The summed E-state index contributed by atoms with van der Waals surface area (Å²) < 4.78 is 0. The Kier molecular flexibility index (Phi) is 16.1. The minimum Gasteiger partial charge on any atom is -0.480 e. The van der Waals surface area contributed by atoms with Gasteiger partial charge in [0.05, 0.1) is 0 Å². The van der Waals surface area contributed by atoms with Crippen molar-refractivity contribution in [3.05, 3.63) is 0 Å². The zero-order valence-electron chi connectivity index (χ0n) is 11.6. The standard InChI is InChI=1S/C7H12N2O5.2C2H6/c1-3(10)9-5(7(13)14)2-4(8)6(11)12;2*1-2/h4-5H,2,8H2,1H3,(H,9,10)(H,11,12)(H,13,14);2*1-2H3. The van der Waals surface area contributed by atoms with Crippen LogP contribution in [0.3, 0.4) is 0 Å². The summed E-state index contributed by atoms with van der Waals surface area (Å²) >= 11 is 0. The maximum absolute atomic E-state index is 10.5. The number of aliphatic carboxylic acids is 2. The number of hydrogen-bond acceptors (Lipinski definition) is 4. The first-order valence-corrected chi connectivity index (χ1v) is 5.83. The molecule has 0 aromatic carbocycles. The Balaban J connectivity index is -0.000000506. The Bertz CT molecular complexity index is 256. The number of carboxylic acids is 2. The van der Waals surface area contributed by atoms with E-state index in [2.05, 4.69) is 5.32 Å². The van der Waals surface area contributed by atoms with Gasteiger partial charge < -0.3 is 21.3 Å². The Morgan fingerprint density at radius 1 is 1.06 bits per heavy atom. The van der Waals surface area contributed by atoms with Crippen LogP contribution in [0.1, 0.15) is 41.0 Å². The molecule has 0 aliphatic heterocycles. The van der Waals surface area contributed by atoms with Gasteiger partial charge in [0, 0.05) is 13.3 Å². The summed E-state index contributed by atoms with van der Waals surface area (Å²) in [7, 11) is 0. The second-order valence-corrected chi connectivity index (χ2v) is 2.77. The van der Waals surface area contributed by atoms with Crippen LogP contribution in [0.25, 0.3) is 0 Å². The van der Waals surface area contributed by atoms with E-state index in [0.29, 0.717) is 0 Å². The molecule has 0 bridgehead atoms. The number of carbonyl (C=O) groups excluding carboxylic acids is 1. The predicted octanol–water partition coefficient (Wildman–Crippen LogP) is 0.430. The molecule has 7 heteroatoms. The smallest absolute Gasteiger partial charge is 0.326 e. The molecule has 5 N–H and O–H groups in total. The predicted molar refractivity (Wildman–Crippen MR) is 68.2 cm³/mol. The van der Waals surface area contributed by atoms with Crippen LogP contribution >= 0.6 is 0 Å². The number of nitrogens with two attached hydrogens (primary N) is 1. The van der Waals surface area contributed by atoms with Crippen LogP contribution in [0.2, 0.25) is 0 Å². The number of amides is 1. The first-order chi connectivity index (χ1) is 8.34. The van der Waals surface area contributed by atoms with Crippen molar-refractivity contribution in [2.24, 2.45) is 5.73 Å². The molecule has 1 amide bonds. The SMILES string of the molecule is CC.CC.CC(=O)NC(CC(N)C(=O)O)C(=O)O. The lowest BCUT2D eigenvalue weighted by Crippen LogP contribution is -2.45. The van der Waals surface area contributed by atoms with Crippen LogP contribution in [-0.2, 0) is 14.4 Å². The molecule has 0 rings (SSSR count). The van der Waals surface area contributed by atoms with Crippen molar-refractivity contribution < 1.29 is 24.6 Å². The second-order valence-electron chi connectivity index (χ2n) is 2.77. The average molecular weight is 264 g/mol. The zero-order valence-corrected chi connectivity index (χ0v) is 11.6. The number of hydrogen-bond donors (Lipinski definition) is 4. The Labute approximate surface area is 107 Å². The molecule has 7 nitrogen and oxygen atoms in total. The van der Waals surface area contributed by atoms with Gasteiger partial charge in [-0.05, 0) is 0 Å². The van der Waals surface area contributed by atoms with E-state index in [1.807, 2.05) is 27.7 Å². The summed E-state index contributed by atoms with van der Waals surface area (Å²) in [4.78, 5) is 31.4. The van der Waals surface area contributed by atoms with Crippen molar-refractivity contribution in [2.75, 3.05) is 0 Å². The largest absolute Gasteiger partial charge is 0.480 e. The van der Waals surface area contributed by atoms with Crippen molar-refractivity contribution in [1.82, 2.24) is 5.32 Å². The molecule has 2 unspecified atom stereocenters. The number of carbonyl (C=O) groups is 3. The van der Waals surface area contributed by atoms with Crippen molar-refractivity contribution in [3.8, 4) is 0 Å². The summed E-state index contributed by atoms with van der Waals surface area (Å²) in [5.74, 6) is -3.16. The first-order valence-electron chi connectivity index (χ1n) is 5.83. The van der Waals surface area contributed by atoms with E-state index < -0.39 is 29.9 Å². The lowest BCUT2D eigenvalue weighted by atomic mass is 10.1. The molecule has 0 aromatic rings. The van der Waals surface area contributed by atoms with Crippen LogP contribution in [0.15, 0.2) is 0 Å². The lowest BCUT2D eigenvalue weighted by molar-refractivity contribution is -0.143. The van der Waals surface area contributed by atoms with Gasteiger partial charge in [-0.15, -0.1) is 0 Å². The van der Waals surface area contributed by atoms with E-state index in [9.17, 15) is 14.4 Å². The highest BCUT2D eigenvalue weighted by Gasteiger charge is 2.24. The van der Waals surface area contributed by atoms with E-state index in [1.54, 1.807) is 0 Å². The average Bonchev–Trinajstić information content (AvgIpc) is 2.32.